The Morgan fingerprint density at radius 1 is 0.708 bits per heavy atom. The number of carbonyl (C=O) groups is 1. The van der Waals surface area contributed by atoms with Gasteiger partial charge in [-0.25, -0.2) is 4.68 Å². The van der Waals surface area contributed by atoms with Gasteiger partial charge in [-0.1, -0.05) is 121 Å². The topological polar surface area (TPSA) is 50.2 Å². The number of nitrogens with one attached hydrogen (secondary N) is 1. The molecule has 0 unspecified atom stereocenters. The molecule has 8 heteroatoms. The first-order chi connectivity index (χ1) is 23.2. The lowest BCUT2D eigenvalue weighted by atomic mass is 9.77. The van der Waals surface area contributed by atoms with Crippen molar-refractivity contribution in [3.63, 3.8) is 0 Å². The summed E-state index contributed by atoms with van der Waals surface area (Å²) in [5.74, 6) is 0.123. The Kier molecular flexibility index (Phi) is 8.03. The fourth-order valence-corrected chi connectivity index (χ4v) is 6.92. The van der Waals surface area contributed by atoms with Crippen LogP contribution in [0, 0.1) is 0 Å². The summed E-state index contributed by atoms with van der Waals surface area (Å²) in [6.45, 7) is 3.44. The van der Waals surface area contributed by atoms with Gasteiger partial charge >= 0.3 is 6.18 Å². The summed E-state index contributed by atoms with van der Waals surface area (Å²) in [5, 5.41) is 8.31. The fourth-order valence-electron chi connectivity index (χ4n) is 6.92. The highest BCUT2D eigenvalue weighted by molar-refractivity contribution is 5.94. The van der Waals surface area contributed by atoms with Gasteiger partial charge in [-0.05, 0) is 59.4 Å². The van der Waals surface area contributed by atoms with Crippen molar-refractivity contribution in [2.75, 3.05) is 5.32 Å². The van der Waals surface area contributed by atoms with Crippen LogP contribution in [0.25, 0.3) is 10.9 Å². The molecule has 0 spiro atoms. The Morgan fingerprint density at radius 3 is 1.71 bits per heavy atom. The quantitative estimate of drug-likeness (QED) is 0.169. The lowest BCUT2D eigenvalue weighted by molar-refractivity contribution is -0.138. The third-order valence-corrected chi connectivity index (χ3v) is 9.49. The van der Waals surface area contributed by atoms with Crippen LogP contribution < -0.4 is 5.32 Å². The number of carbonyl (C=O) groups excluding carboxylic acids is 1. The molecule has 5 aromatic carbocycles. The van der Waals surface area contributed by atoms with Crippen LogP contribution in [0.2, 0.25) is 0 Å². The zero-order valence-corrected chi connectivity index (χ0v) is 26.7. The second kappa shape index (κ2) is 12.3. The van der Waals surface area contributed by atoms with Crippen molar-refractivity contribution in [2.24, 2.45) is 0 Å². The molecule has 2 heterocycles. The van der Waals surface area contributed by atoms with E-state index in [2.05, 4.69) is 5.32 Å². The molecule has 2 atom stereocenters. The van der Waals surface area contributed by atoms with E-state index in [0.29, 0.717) is 17.4 Å². The molecule has 7 rings (SSSR count). The van der Waals surface area contributed by atoms with Gasteiger partial charge in [0.2, 0.25) is 5.91 Å². The van der Waals surface area contributed by atoms with Crippen LogP contribution >= 0.6 is 0 Å². The minimum atomic E-state index is -4.49. The van der Waals surface area contributed by atoms with Crippen LogP contribution in [0.15, 0.2) is 133 Å². The van der Waals surface area contributed by atoms with E-state index in [4.69, 9.17) is 5.10 Å². The van der Waals surface area contributed by atoms with Gasteiger partial charge in [0, 0.05) is 11.9 Å². The highest BCUT2D eigenvalue weighted by Gasteiger charge is 2.43. The van der Waals surface area contributed by atoms with E-state index in [9.17, 15) is 18.0 Å². The van der Waals surface area contributed by atoms with Gasteiger partial charge < -0.3 is 10.2 Å². The van der Waals surface area contributed by atoms with Crippen LogP contribution in [0.1, 0.15) is 53.3 Å². The molecule has 0 aliphatic carbocycles. The third kappa shape index (κ3) is 5.41. The molecule has 0 bridgehead atoms. The summed E-state index contributed by atoms with van der Waals surface area (Å²) in [5.41, 5.74) is 4.96. The van der Waals surface area contributed by atoms with Crippen LogP contribution in [0.4, 0.5) is 19.0 Å². The highest BCUT2D eigenvalue weighted by atomic mass is 19.4. The molecule has 1 aliphatic rings. The predicted molar refractivity (Wildman–Crippen MR) is 183 cm³/mol. The summed E-state index contributed by atoms with van der Waals surface area (Å²) in [7, 11) is 0. The maximum atomic E-state index is 14.0. The van der Waals surface area contributed by atoms with Crippen molar-refractivity contribution < 1.29 is 18.0 Å². The molecule has 48 heavy (non-hydrogen) atoms. The van der Waals surface area contributed by atoms with Crippen molar-refractivity contribution in [3.05, 3.63) is 167 Å². The number of rotatable bonds is 8. The Morgan fingerprint density at radius 2 is 1.21 bits per heavy atom. The summed E-state index contributed by atoms with van der Waals surface area (Å²) >= 11 is 0. The number of hydrogen-bond donors (Lipinski definition) is 1. The van der Waals surface area contributed by atoms with Crippen molar-refractivity contribution >= 4 is 22.6 Å². The standard InChI is InChI=1S/C40H35F3N4O/c1-27(29-15-7-3-8-16-29)46-26-31-23-35-36(24-30(31)25-37(46)48)47(45-38(35)44-28(2)40(41,42)43)39(32-17-9-4-10-18-32,33-19-11-5-12-20-33)34-21-13-6-14-22-34/h3-24,27-28H,25-26H2,1-2H3,(H,44,45)/t27-,28+/m1/s1. The molecule has 6 aromatic rings. The summed E-state index contributed by atoms with van der Waals surface area (Å²) in [4.78, 5) is 15.5. The summed E-state index contributed by atoms with van der Waals surface area (Å²) < 4.78 is 44.0. The van der Waals surface area contributed by atoms with Gasteiger partial charge in [0.1, 0.15) is 11.6 Å². The average molecular weight is 645 g/mol. The predicted octanol–water partition coefficient (Wildman–Crippen LogP) is 8.89. The maximum absolute atomic E-state index is 14.0. The van der Waals surface area contributed by atoms with Gasteiger partial charge in [-0.2, -0.15) is 18.3 Å². The van der Waals surface area contributed by atoms with Crippen molar-refractivity contribution in [1.82, 2.24) is 14.7 Å². The number of hydrogen-bond acceptors (Lipinski definition) is 3. The van der Waals surface area contributed by atoms with Gasteiger partial charge in [0.05, 0.1) is 18.0 Å². The third-order valence-electron chi connectivity index (χ3n) is 9.49. The Hall–Kier alpha value is -5.37. The normalized spacial score (nSPS) is 14.9. The van der Waals surface area contributed by atoms with Gasteiger partial charge in [-0.15, -0.1) is 0 Å². The average Bonchev–Trinajstić information content (AvgIpc) is 3.45. The summed E-state index contributed by atoms with van der Waals surface area (Å²) in [6.07, 6.45) is -4.32. The van der Waals surface area contributed by atoms with Gasteiger partial charge in [0.25, 0.3) is 0 Å². The lowest BCUT2D eigenvalue weighted by Crippen LogP contribution is -2.39. The van der Waals surface area contributed by atoms with Crippen molar-refractivity contribution in [3.8, 4) is 0 Å². The second-order valence-electron chi connectivity index (χ2n) is 12.4. The number of aromatic nitrogens is 2. The minimum absolute atomic E-state index is 0.00579. The number of amides is 1. The smallest absolute Gasteiger partial charge is 0.357 e. The van der Waals surface area contributed by atoms with Crippen molar-refractivity contribution in [2.45, 2.75) is 50.6 Å². The molecule has 1 N–H and O–H groups in total. The molecular formula is C40H35F3N4O. The van der Waals surface area contributed by atoms with E-state index >= 15 is 0 Å². The van der Waals surface area contributed by atoms with Crippen molar-refractivity contribution in [1.29, 1.82) is 0 Å². The maximum Gasteiger partial charge on any atom is 0.408 e. The SMILES string of the molecule is C[C@H](c1ccccc1)N1Cc2cc3c(N[C@@H](C)C(F)(F)F)nn(C(c4ccccc4)(c4ccccc4)c4ccccc4)c3cc2CC1=O. The number of anilines is 1. The number of halogens is 3. The first-order valence-electron chi connectivity index (χ1n) is 16.1. The second-order valence-corrected chi connectivity index (χ2v) is 12.4. The summed E-state index contributed by atoms with van der Waals surface area (Å²) in [6, 6.07) is 41.3. The van der Waals surface area contributed by atoms with E-state index in [1.807, 2.05) is 150 Å². The van der Waals surface area contributed by atoms with E-state index in [0.717, 1.165) is 40.3 Å². The van der Waals surface area contributed by atoms with E-state index in [1.54, 1.807) is 0 Å². The molecule has 1 amide bonds. The van der Waals surface area contributed by atoms with Crippen LogP contribution in [0.5, 0.6) is 0 Å². The molecule has 0 fully saturated rings. The molecule has 5 nitrogen and oxygen atoms in total. The molecule has 0 saturated heterocycles. The zero-order valence-electron chi connectivity index (χ0n) is 26.7. The minimum Gasteiger partial charge on any atom is -0.357 e. The van der Waals surface area contributed by atoms with E-state index in [-0.39, 0.29) is 24.2 Å². The number of benzene rings is 5. The Labute approximate surface area is 277 Å². The fraction of sp³-hybridized carbons (Fsp3) is 0.200. The highest BCUT2D eigenvalue weighted by Crippen LogP contribution is 2.45. The van der Waals surface area contributed by atoms with Crippen LogP contribution in [0.3, 0.4) is 0 Å². The van der Waals surface area contributed by atoms with Crippen LogP contribution in [-0.4, -0.2) is 32.8 Å². The molecular weight excluding hydrogens is 609 g/mol. The number of fused-ring (bicyclic) bond motifs is 2. The van der Waals surface area contributed by atoms with Crippen LogP contribution in [-0.2, 0) is 23.3 Å². The number of nitrogens with zero attached hydrogens (tertiary/aromatic N) is 3. The molecule has 1 aromatic heterocycles. The Balaban J connectivity index is 1.50. The van der Waals surface area contributed by atoms with Gasteiger partial charge in [-0.3, -0.25) is 4.79 Å². The van der Waals surface area contributed by atoms with E-state index < -0.39 is 17.8 Å². The zero-order chi connectivity index (χ0) is 33.5. The molecule has 0 saturated carbocycles. The number of alkyl halides is 3. The Bertz CT molecular complexity index is 1950. The first kappa shape index (κ1) is 31.2. The monoisotopic (exact) mass is 644 g/mol. The lowest BCUT2D eigenvalue weighted by Gasteiger charge is -2.37. The van der Waals surface area contributed by atoms with E-state index in [1.165, 1.54) is 0 Å². The first-order valence-corrected chi connectivity index (χ1v) is 16.1. The largest absolute Gasteiger partial charge is 0.408 e. The molecule has 0 radical (unpaired) electrons. The molecule has 1 aliphatic heterocycles. The molecule has 242 valence electrons. The van der Waals surface area contributed by atoms with Gasteiger partial charge in [0.15, 0.2) is 5.82 Å².